The SMILES string of the molecule is CN(C)c1ccc(CN[C@H]2[C@H](O)[C@@H](N3CCCC3)[C@@H]3OC[C@H]2O3)cc1. The molecule has 0 saturated carbocycles. The molecule has 0 unspecified atom stereocenters. The Kier molecular flexibility index (Phi) is 4.97. The molecular weight excluding hydrogens is 318 g/mol. The molecule has 3 heterocycles. The molecule has 0 aromatic heterocycles. The summed E-state index contributed by atoms with van der Waals surface area (Å²) in [6.45, 7) is 3.32. The Morgan fingerprint density at radius 1 is 1.20 bits per heavy atom. The van der Waals surface area contributed by atoms with E-state index in [1.807, 2.05) is 14.1 Å². The quantitative estimate of drug-likeness (QED) is 0.821. The molecule has 0 radical (unpaired) electrons. The van der Waals surface area contributed by atoms with E-state index in [0.717, 1.165) is 13.1 Å². The van der Waals surface area contributed by atoms with E-state index >= 15 is 0 Å². The maximum absolute atomic E-state index is 11.0. The summed E-state index contributed by atoms with van der Waals surface area (Å²) in [7, 11) is 4.08. The third-order valence-corrected chi connectivity index (χ3v) is 5.69. The monoisotopic (exact) mass is 347 g/mol. The molecule has 138 valence electrons. The lowest BCUT2D eigenvalue weighted by atomic mass is 9.94. The fraction of sp³-hybridized carbons (Fsp3) is 0.684. The van der Waals surface area contributed by atoms with Crippen molar-refractivity contribution in [3.05, 3.63) is 29.8 Å². The second-order valence-corrected chi connectivity index (χ2v) is 7.57. The van der Waals surface area contributed by atoms with E-state index in [2.05, 4.69) is 39.4 Å². The number of rotatable bonds is 5. The van der Waals surface area contributed by atoms with Gasteiger partial charge in [-0.2, -0.15) is 0 Å². The van der Waals surface area contributed by atoms with Gasteiger partial charge in [0.15, 0.2) is 6.29 Å². The Morgan fingerprint density at radius 3 is 2.60 bits per heavy atom. The van der Waals surface area contributed by atoms with Gasteiger partial charge in [0, 0.05) is 26.3 Å². The summed E-state index contributed by atoms with van der Waals surface area (Å²) >= 11 is 0. The average molecular weight is 347 g/mol. The number of likely N-dealkylation sites (tertiary alicyclic amines) is 1. The summed E-state index contributed by atoms with van der Waals surface area (Å²) in [5.74, 6) is 0. The van der Waals surface area contributed by atoms with Crippen molar-refractivity contribution >= 4 is 5.69 Å². The van der Waals surface area contributed by atoms with Crippen LogP contribution in [-0.2, 0) is 16.0 Å². The zero-order valence-corrected chi connectivity index (χ0v) is 15.1. The molecule has 0 amide bonds. The number of fused-ring (bicyclic) bond motifs is 2. The van der Waals surface area contributed by atoms with E-state index in [4.69, 9.17) is 9.47 Å². The number of hydrogen-bond acceptors (Lipinski definition) is 6. The highest BCUT2D eigenvalue weighted by Crippen LogP contribution is 2.33. The van der Waals surface area contributed by atoms with Crippen molar-refractivity contribution in [2.75, 3.05) is 38.7 Å². The summed E-state index contributed by atoms with van der Waals surface area (Å²) in [6, 6.07) is 8.33. The minimum Gasteiger partial charge on any atom is -0.390 e. The molecule has 1 aromatic carbocycles. The first kappa shape index (κ1) is 17.2. The number of nitrogens with one attached hydrogen (secondary N) is 1. The van der Waals surface area contributed by atoms with E-state index in [0.29, 0.717) is 13.2 Å². The molecule has 1 aromatic rings. The van der Waals surface area contributed by atoms with Crippen LogP contribution in [0.5, 0.6) is 0 Å². The van der Waals surface area contributed by atoms with Gasteiger partial charge in [-0.05, 0) is 43.6 Å². The first-order valence-corrected chi connectivity index (χ1v) is 9.32. The lowest BCUT2D eigenvalue weighted by Gasteiger charge is -2.42. The summed E-state index contributed by atoms with van der Waals surface area (Å²) in [5.41, 5.74) is 2.39. The van der Waals surface area contributed by atoms with Crippen LogP contribution >= 0.6 is 0 Å². The zero-order chi connectivity index (χ0) is 17.4. The number of aliphatic hydroxyl groups excluding tert-OH is 1. The van der Waals surface area contributed by atoms with Crippen LogP contribution in [0.15, 0.2) is 24.3 Å². The topological polar surface area (TPSA) is 57.2 Å². The molecule has 25 heavy (non-hydrogen) atoms. The van der Waals surface area contributed by atoms with Crippen LogP contribution in [0.3, 0.4) is 0 Å². The van der Waals surface area contributed by atoms with Gasteiger partial charge in [-0.3, -0.25) is 4.90 Å². The molecule has 2 N–H and O–H groups in total. The second-order valence-electron chi connectivity index (χ2n) is 7.57. The molecule has 3 aliphatic heterocycles. The molecule has 3 aliphatic rings. The number of aliphatic hydroxyl groups is 1. The van der Waals surface area contributed by atoms with Crippen LogP contribution in [0, 0.1) is 0 Å². The van der Waals surface area contributed by atoms with Crippen molar-refractivity contribution in [2.24, 2.45) is 0 Å². The average Bonchev–Trinajstić information content (AvgIpc) is 3.27. The third-order valence-electron chi connectivity index (χ3n) is 5.69. The molecule has 4 rings (SSSR count). The number of benzene rings is 1. The van der Waals surface area contributed by atoms with Crippen molar-refractivity contribution in [3.8, 4) is 0 Å². The molecular formula is C19H29N3O3. The predicted octanol–water partition coefficient (Wildman–Crippen LogP) is 0.791. The maximum atomic E-state index is 11.0. The van der Waals surface area contributed by atoms with Crippen molar-refractivity contribution in [1.82, 2.24) is 10.2 Å². The fourth-order valence-corrected chi connectivity index (χ4v) is 4.23. The molecule has 5 atom stereocenters. The lowest BCUT2D eigenvalue weighted by molar-refractivity contribution is -0.179. The Bertz CT molecular complexity index is 572. The summed E-state index contributed by atoms with van der Waals surface area (Å²) in [5, 5.41) is 14.5. The van der Waals surface area contributed by atoms with Crippen molar-refractivity contribution in [3.63, 3.8) is 0 Å². The highest BCUT2D eigenvalue weighted by atomic mass is 16.7. The minimum absolute atomic E-state index is 0.0603. The molecule has 0 spiro atoms. The van der Waals surface area contributed by atoms with Crippen molar-refractivity contribution in [2.45, 2.75) is 50.0 Å². The lowest BCUT2D eigenvalue weighted by Crippen LogP contribution is -2.63. The largest absolute Gasteiger partial charge is 0.390 e. The Balaban J connectivity index is 1.42. The van der Waals surface area contributed by atoms with E-state index < -0.39 is 6.10 Å². The van der Waals surface area contributed by atoms with E-state index in [1.54, 1.807) is 0 Å². The molecule has 0 aliphatic carbocycles. The summed E-state index contributed by atoms with van der Waals surface area (Å²) in [6.07, 6.45) is 1.56. The van der Waals surface area contributed by atoms with E-state index in [9.17, 15) is 5.11 Å². The molecule has 6 heteroatoms. The number of anilines is 1. The molecule has 3 fully saturated rings. The number of nitrogens with zero attached hydrogens (tertiary/aromatic N) is 2. The standard InChI is InChI=1S/C19H29N3O3/c1-21(2)14-7-5-13(6-8-14)11-20-16-15-12-24-19(25-15)17(18(16)23)22-9-3-4-10-22/h5-8,15-20,23H,3-4,9-12H2,1-2H3/t15-,16-,17-,18+,19-/m1/s1. The Morgan fingerprint density at radius 2 is 1.92 bits per heavy atom. The molecule has 6 nitrogen and oxygen atoms in total. The van der Waals surface area contributed by atoms with Crippen molar-refractivity contribution in [1.29, 1.82) is 0 Å². The first-order valence-electron chi connectivity index (χ1n) is 9.32. The normalized spacial score (nSPS) is 35.2. The Hall–Kier alpha value is -1.18. The highest BCUT2D eigenvalue weighted by molar-refractivity contribution is 5.45. The second kappa shape index (κ2) is 7.21. The van der Waals surface area contributed by atoms with Crippen LogP contribution in [0.25, 0.3) is 0 Å². The summed E-state index contributed by atoms with van der Waals surface area (Å²) in [4.78, 5) is 4.42. The van der Waals surface area contributed by atoms with Gasteiger partial charge >= 0.3 is 0 Å². The predicted molar refractivity (Wildman–Crippen MR) is 96.6 cm³/mol. The van der Waals surface area contributed by atoms with Gasteiger partial charge in [0.2, 0.25) is 0 Å². The van der Waals surface area contributed by atoms with Crippen LogP contribution in [0.4, 0.5) is 5.69 Å². The van der Waals surface area contributed by atoms with E-state index in [-0.39, 0.29) is 24.5 Å². The first-order chi connectivity index (χ1) is 12.1. The van der Waals surface area contributed by atoms with Gasteiger partial charge in [-0.1, -0.05) is 12.1 Å². The van der Waals surface area contributed by atoms with Gasteiger partial charge in [0.05, 0.1) is 24.8 Å². The summed E-state index contributed by atoms with van der Waals surface area (Å²) < 4.78 is 11.9. The molecule has 3 saturated heterocycles. The van der Waals surface area contributed by atoms with Crippen LogP contribution < -0.4 is 10.2 Å². The van der Waals surface area contributed by atoms with Gasteiger partial charge in [0.1, 0.15) is 6.10 Å². The van der Waals surface area contributed by atoms with Crippen molar-refractivity contribution < 1.29 is 14.6 Å². The third kappa shape index (κ3) is 3.41. The van der Waals surface area contributed by atoms with Crippen LogP contribution in [0.2, 0.25) is 0 Å². The van der Waals surface area contributed by atoms with Gasteiger partial charge < -0.3 is 24.8 Å². The minimum atomic E-state index is -0.467. The van der Waals surface area contributed by atoms with Crippen LogP contribution in [0.1, 0.15) is 18.4 Å². The zero-order valence-electron chi connectivity index (χ0n) is 15.1. The Labute approximate surface area is 149 Å². The maximum Gasteiger partial charge on any atom is 0.176 e. The fourth-order valence-electron chi connectivity index (χ4n) is 4.23. The van der Waals surface area contributed by atoms with Gasteiger partial charge in [-0.15, -0.1) is 0 Å². The van der Waals surface area contributed by atoms with Gasteiger partial charge in [-0.25, -0.2) is 0 Å². The van der Waals surface area contributed by atoms with Gasteiger partial charge in [0.25, 0.3) is 0 Å². The smallest absolute Gasteiger partial charge is 0.176 e. The highest BCUT2D eigenvalue weighted by Gasteiger charge is 2.52. The van der Waals surface area contributed by atoms with Crippen LogP contribution in [-0.4, -0.2) is 74.4 Å². The number of hydrogen-bond donors (Lipinski definition) is 2. The molecule has 2 bridgehead atoms. The van der Waals surface area contributed by atoms with E-state index in [1.165, 1.54) is 24.1 Å². The number of ether oxygens (including phenoxy) is 2.